The second-order valence-electron chi connectivity index (χ2n) is 5.35. The third-order valence-corrected chi connectivity index (χ3v) is 3.26. The minimum absolute atomic E-state index is 0.0396. The number of hydrogen-bond acceptors (Lipinski definition) is 3. The first-order chi connectivity index (χ1) is 9.55. The Morgan fingerprint density at radius 2 is 2.15 bits per heavy atom. The van der Waals surface area contributed by atoms with E-state index in [0.717, 1.165) is 16.9 Å². The molecule has 0 saturated heterocycles. The molecule has 1 N–H and O–H groups in total. The van der Waals surface area contributed by atoms with Gasteiger partial charge >= 0.3 is 0 Å². The second-order valence-corrected chi connectivity index (χ2v) is 5.35. The summed E-state index contributed by atoms with van der Waals surface area (Å²) >= 11 is 0. The quantitative estimate of drug-likeness (QED) is 0.854. The molecule has 0 aliphatic carbocycles. The van der Waals surface area contributed by atoms with E-state index in [4.69, 9.17) is 9.47 Å². The van der Waals surface area contributed by atoms with Crippen LogP contribution in [0.25, 0.3) is 6.08 Å². The van der Waals surface area contributed by atoms with Crippen molar-refractivity contribution in [3.63, 3.8) is 0 Å². The minimum atomic E-state index is -0.575. The lowest BCUT2D eigenvalue weighted by molar-refractivity contribution is -0.180. The van der Waals surface area contributed by atoms with Crippen LogP contribution in [0.5, 0.6) is 5.75 Å². The fraction of sp³-hybridized carbons (Fsp3) is 0.412. The van der Waals surface area contributed by atoms with Crippen molar-refractivity contribution in [3.8, 4) is 5.75 Å². The molecule has 1 heterocycles. The zero-order valence-electron chi connectivity index (χ0n) is 12.3. The number of fused-ring (bicyclic) bond motifs is 1. The van der Waals surface area contributed by atoms with E-state index in [1.165, 1.54) is 0 Å². The molecule has 1 atom stereocenters. The van der Waals surface area contributed by atoms with Gasteiger partial charge in [-0.05, 0) is 18.6 Å². The van der Waals surface area contributed by atoms with Gasteiger partial charge in [0.15, 0.2) is 0 Å². The number of benzene rings is 1. The lowest BCUT2D eigenvalue weighted by Crippen LogP contribution is -2.35. The van der Waals surface area contributed by atoms with Gasteiger partial charge in [-0.3, -0.25) is 0 Å². The van der Waals surface area contributed by atoms with Crippen LogP contribution in [0.3, 0.4) is 0 Å². The summed E-state index contributed by atoms with van der Waals surface area (Å²) in [6.07, 6.45) is 7.93. The van der Waals surface area contributed by atoms with Gasteiger partial charge in [0.1, 0.15) is 5.75 Å². The maximum Gasteiger partial charge on any atom is 0.205 e. The Labute approximate surface area is 120 Å². The van der Waals surface area contributed by atoms with Crippen molar-refractivity contribution in [2.75, 3.05) is 6.61 Å². The lowest BCUT2D eigenvalue weighted by Gasteiger charge is -2.33. The fourth-order valence-corrected chi connectivity index (χ4v) is 2.19. The van der Waals surface area contributed by atoms with Crippen LogP contribution in [-0.2, 0) is 11.3 Å². The van der Waals surface area contributed by atoms with E-state index in [0.29, 0.717) is 6.61 Å². The molecule has 0 bridgehead atoms. The van der Waals surface area contributed by atoms with Crippen LogP contribution in [0.2, 0.25) is 0 Å². The van der Waals surface area contributed by atoms with Crippen molar-refractivity contribution in [1.82, 2.24) is 0 Å². The SMILES string of the molecule is C/C=C/[C@@H](/C=C/c1cccc2c1COC(C)(C)O2)CO. The Bertz CT molecular complexity index is 515. The molecular formula is C17H22O3. The molecule has 1 aromatic rings. The molecule has 0 amide bonds. The average Bonchev–Trinajstić information content (AvgIpc) is 2.42. The summed E-state index contributed by atoms with van der Waals surface area (Å²) in [6.45, 7) is 6.41. The monoisotopic (exact) mass is 274 g/mol. The molecule has 0 unspecified atom stereocenters. The van der Waals surface area contributed by atoms with Gasteiger partial charge in [0, 0.05) is 25.3 Å². The molecule has 1 aromatic carbocycles. The van der Waals surface area contributed by atoms with Gasteiger partial charge in [-0.1, -0.05) is 36.4 Å². The molecule has 0 aromatic heterocycles. The van der Waals surface area contributed by atoms with Crippen LogP contribution >= 0.6 is 0 Å². The summed E-state index contributed by atoms with van der Waals surface area (Å²) in [7, 11) is 0. The average molecular weight is 274 g/mol. The Morgan fingerprint density at radius 3 is 2.85 bits per heavy atom. The minimum Gasteiger partial charge on any atom is -0.463 e. The van der Waals surface area contributed by atoms with Gasteiger partial charge in [-0.25, -0.2) is 0 Å². The first-order valence-electron chi connectivity index (χ1n) is 6.92. The number of rotatable bonds is 4. The Morgan fingerprint density at radius 1 is 1.35 bits per heavy atom. The smallest absolute Gasteiger partial charge is 0.205 e. The summed E-state index contributed by atoms with van der Waals surface area (Å²) in [4.78, 5) is 0. The summed E-state index contributed by atoms with van der Waals surface area (Å²) in [5.74, 6) is 0.334. The van der Waals surface area contributed by atoms with Gasteiger partial charge in [-0.2, -0.15) is 0 Å². The van der Waals surface area contributed by atoms with Crippen LogP contribution in [0.1, 0.15) is 31.9 Å². The van der Waals surface area contributed by atoms with E-state index < -0.39 is 5.79 Å². The van der Waals surface area contributed by atoms with Crippen LogP contribution in [-0.4, -0.2) is 17.5 Å². The van der Waals surface area contributed by atoms with Crippen molar-refractivity contribution in [2.24, 2.45) is 5.92 Å². The zero-order valence-corrected chi connectivity index (χ0v) is 12.3. The Kier molecular flexibility index (Phi) is 4.63. The highest BCUT2D eigenvalue weighted by atomic mass is 16.7. The number of hydrogen-bond donors (Lipinski definition) is 1. The van der Waals surface area contributed by atoms with Crippen LogP contribution in [0.4, 0.5) is 0 Å². The Balaban J connectivity index is 2.24. The molecule has 2 rings (SSSR count). The number of aliphatic hydroxyl groups excluding tert-OH is 1. The maximum atomic E-state index is 9.29. The van der Waals surface area contributed by atoms with Crippen molar-refractivity contribution in [3.05, 3.63) is 47.6 Å². The van der Waals surface area contributed by atoms with Crippen LogP contribution < -0.4 is 4.74 Å². The molecule has 1 aliphatic rings. The molecule has 20 heavy (non-hydrogen) atoms. The third-order valence-electron chi connectivity index (χ3n) is 3.26. The highest BCUT2D eigenvalue weighted by molar-refractivity contribution is 5.58. The van der Waals surface area contributed by atoms with Gasteiger partial charge in [0.2, 0.25) is 5.79 Å². The van der Waals surface area contributed by atoms with Gasteiger partial charge < -0.3 is 14.6 Å². The molecule has 0 spiro atoms. The zero-order chi connectivity index (χ0) is 14.6. The molecule has 0 radical (unpaired) electrons. The summed E-state index contributed by atoms with van der Waals surface area (Å²) in [6, 6.07) is 5.97. The van der Waals surface area contributed by atoms with E-state index in [1.807, 2.05) is 63.3 Å². The fourth-order valence-electron chi connectivity index (χ4n) is 2.19. The number of ether oxygens (including phenoxy) is 2. The summed E-state index contributed by atoms with van der Waals surface area (Å²) in [5, 5.41) is 9.29. The van der Waals surface area contributed by atoms with Crippen molar-refractivity contribution < 1.29 is 14.6 Å². The normalized spacial score (nSPS) is 19.0. The van der Waals surface area contributed by atoms with Crippen molar-refractivity contribution in [2.45, 2.75) is 33.2 Å². The predicted octanol–water partition coefficient (Wildman–Crippen LogP) is 3.53. The first kappa shape index (κ1) is 14.8. The van der Waals surface area contributed by atoms with Crippen LogP contribution in [0, 0.1) is 5.92 Å². The molecule has 108 valence electrons. The molecule has 0 fully saturated rings. The van der Waals surface area contributed by atoms with Gasteiger partial charge in [0.25, 0.3) is 0 Å². The standard InChI is InChI=1S/C17H22O3/c1-4-6-13(11-18)9-10-14-7-5-8-16-15(14)12-19-17(2,3)20-16/h4-10,13,18H,11-12H2,1-3H3/b6-4+,10-9+/t13-/m0/s1. The second kappa shape index (κ2) is 6.25. The number of allylic oxidation sites excluding steroid dienone is 1. The van der Waals surface area contributed by atoms with Gasteiger partial charge in [-0.15, -0.1) is 0 Å². The number of aliphatic hydroxyl groups is 1. The van der Waals surface area contributed by atoms with Gasteiger partial charge in [0.05, 0.1) is 13.2 Å². The summed E-state index contributed by atoms with van der Waals surface area (Å²) < 4.78 is 11.5. The molecule has 3 nitrogen and oxygen atoms in total. The van der Waals surface area contributed by atoms with Crippen molar-refractivity contribution in [1.29, 1.82) is 0 Å². The van der Waals surface area contributed by atoms with Crippen molar-refractivity contribution >= 4 is 6.08 Å². The third kappa shape index (κ3) is 3.50. The summed E-state index contributed by atoms with van der Waals surface area (Å²) in [5.41, 5.74) is 2.13. The highest BCUT2D eigenvalue weighted by Crippen LogP contribution is 2.33. The highest BCUT2D eigenvalue weighted by Gasteiger charge is 2.28. The molecule has 3 heteroatoms. The first-order valence-corrected chi connectivity index (χ1v) is 6.92. The van der Waals surface area contributed by atoms with E-state index in [1.54, 1.807) is 0 Å². The Hall–Kier alpha value is -1.58. The van der Waals surface area contributed by atoms with Crippen LogP contribution in [0.15, 0.2) is 36.4 Å². The largest absolute Gasteiger partial charge is 0.463 e. The topological polar surface area (TPSA) is 38.7 Å². The van der Waals surface area contributed by atoms with E-state index in [2.05, 4.69) is 0 Å². The maximum absolute atomic E-state index is 9.29. The molecule has 1 aliphatic heterocycles. The van der Waals surface area contributed by atoms with E-state index in [9.17, 15) is 5.11 Å². The lowest BCUT2D eigenvalue weighted by atomic mass is 10.0. The van der Waals surface area contributed by atoms with E-state index >= 15 is 0 Å². The molecular weight excluding hydrogens is 252 g/mol. The molecule has 0 saturated carbocycles. The predicted molar refractivity (Wildman–Crippen MR) is 80.4 cm³/mol. The van der Waals surface area contributed by atoms with E-state index in [-0.39, 0.29) is 12.5 Å².